The molecule has 2 aromatic rings. The Bertz CT molecular complexity index is 539. The number of H-pyrrole nitrogens is 1. The molecule has 1 heterocycles. The minimum atomic E-state index is -0.375. The van der Waals surface area contributed by atoms with Gasteiger partial charge >= 0.3 is 0 Å². The zero-order chi connectivity index (χ0) is 11.0. The van der Waals surface area contributed by atoms with E-state index in [1.165, 1.54) is 12.1 Å². The molecule has 1 N–H and O–H groups in total. The molecule has 15 heavy (non-hydrogen) atoms. The average Bonchev–Trinajstić information content (AvgIpc) is 2.44. The molecule has 0 spiro atoms. The van der Waals surface area contributed by atoms with Gasteiger partial charge in [-0.05, 0) is 37.3 Å². The molecule has 2 rings (SSSR count). The second-order valence-electron chi connectivity index (χ2n) is 3.20. The molecular weight excluding hydrogens is 235 g/mol. The van der Waals surface area contributed by atoms with Gasteiger partial charge in [0, 0.05) is 16.9 Å². The maximum Gasteiger partial charge on any atom is 0.182 e. The van der Waals surface area contributed by atoms with Crippen molar-refractivity contribution in [1.82, 2.24) is 9.55 Å². The van der Waals surface area contributed by atoms with Crippen LogP contribution in [0.15, 0.2) is 24.4 Å². The van der Waals surface area contributed by atoms with Gasteiger partial charge in [0.2, 0.25) is 0 Å². The molecule has 2 nitrogen and oxygen atoms in total. The van der Waals surface area contributed by atoms with Crippen molar-refractivity contribution in [3.05, 3.63) is 45.7 Å². The molecule has 0 aliphatic heterocycles. The fraction of sp³-hybridized carbons (Fsp3) is 0.100. The van der Waals surface area contributed by atoms with Crippen molar-refractivity contribution < 1.29 is 4.39 Å². The molecule has 0 radical (unpaired) electrons. The molecule has 0 fully saturated rings. The highest BCUT2D eigenvalue weighted by Gasteiger charge is 2.05. The fourth-order valence-electron chi connectivity index (χ4n) is 1.44. The second kappa shape index (κ2) is 3.79. The van der Waals surface area contributed by atoms with Crippen molar-refractivity contribution in [2.45, 2.75) is 6.92 Å². The number of rotatable bonds is 1. The minimum absolute atomic E-state index is 0.354. The number of benzene rings is 1. The quantitative estimate of drug-likeness (QED) is 0.758. The number of aromatic nitrogens is 2. The van der Waals surface area contributed by atoms with Crippen LogP contribution >= 0.6 is 23.8 Å². The summed E-state index contributed by atoms with van der Waals surface area (Å²) in [5.74, 6) is -0.375. The van der Waals surface area contributed by atoms with Crippen LogP contribution in [0, 0.1) is 17.5 Å². The van der Waals surface area contributed by atoms with Gasteiger partial charge in [-0.25, -0.2) is 4.39 Å². The number of aromatic amines is 1. The van der Waals surface area contributed by atoms with E-state index in [-0.39, 0.29) is 5.82 Å². The molecule has 1 aromatic heterocycles. The first-order valence-electron chi connectivity index (χ1n) is 4.31. The first kappa shape index (κ1) is 10.4. The highest BCUT2D eigenvalue weighted by molar-refractivity contribution is 7.71. The highest BCUT2D eigenvalue weighted by atomic mass is 35.5. The van der Waals surface area contributed by atoms with Crippen molar-refractivity contribution >= 4 is 23.8 Å². The van der Waals surface area contributed by atoms with E-state index in [0.29, 0.717) is 15.5 Å². The molecule has 0 saturated carbocycles. The summed E-state index contributed by atoms with van der Waals surface area (Å²) in [6.45, 7) is 1.88. The molecular formula is C10H8ClFN2S. The van der Waals surface area contributed by atoms with Crippen molar-refractivity contribution in [2.75, 3.05) is 0 Å². The third-order valence-electron chi connectivity index (χ3n) is 2.07. The second-order valence-corrected chi connectivity index (χ2v) is 4.02. The number of hydrogen-bond donors (Lipinski definition) is 1. The molecule has 5 heteroatoms. The Balaban J connectivity index is 2.69. The van der Waals surface area contributed by atoms with Crippen LogP contribution in [-0.4, -0.2) is 9.55 Å². The topological polar surface area (TPSA) is 20.7 Å². The highest BCUT2D eigenvalue weighted by Crippen LogP contribution is 2.19. The summed E-state index contributed by atoms with van der Waals surface area (Å²) < 4.78 is 15.4. The number of imidazole rings is 1. The molecule has 0 unspecified atom stereocenters. The number of hydrogen-bond acceptors (Lipinski definition) is 1. The van der Waals surface area contributed by atoms with Gasteiger partial charge in [-0.1, -0.05) is 11.6 Å². The zero-order valence-electron chi connectivity index (χ0n) is 7.92. The van der Waals surface area contributed by atoms with Crippen LogP contribution in [0.25, 0.3) is 5.69 Å². The van der Waals surface area contributed by atoms with Crippen molar-refractivity contribution in [1.29, 1.82) is 0 Å². The summed E-state index contributed by atoms with van der Waals surface area (Å²) in [4.78, 5) is 2.89. The molecule has 0 aliphatic rings. The summed E-state index contributed by atoms with van der Waals surface area (Å²) >= 11 is 10.9. The summed E-state index contributed by atoms with van der Waals surface area (Å²) in [6, 6.07) is 4.32. The van der Waals surface area contributed by atoms with Gasteiger partial charge in [0.05, 0.1) is 5.69 Å². The Morgan fingerprint density at radius 3 is 2.67 bits per heavy atom. The van der Waals surface area contributed by atoms with Gasteiger partial charge < -0.3 is 4.98 Å². The molecule has 0 bridgehead atoms. The molecule has 0 aliphatic carbocycles. The van der Waals surface area contributed by atoms with E-state index in [2.05, 4.69) is 4.98 Å². The third kappa shape index (κ3) is 1.96. The van der Waals surface area contributed by atoms with E-state index in [4.69, 9.17) is 23.8 Å². The Morgan fingerprint density at radius 1 is 1.40 bits per heavy atom. The van der Waals surface area contributed by atoms with Crippen LogP contribution in [0.1, 0.15) is 5.69 Å². The number of aryl methyl sites for hydroxylation is 1. The van der Waals surface area contributed by atoms with E-state index < -0.39 is 0 Å². The summed E-state index contributed by atoms with van der Waals surface area (Å²) in [5.41, 5.74) is 1.53. The predicted octanol–water partition coefficient (Wildman–Crippen LogP) is 3.64. The summed E-state index contributed by atoms with van der Waals surface area (Å²) in [5, 5.41) is 0.354. The first-order valence-corrected chi connectivity index (χ1v) is 5.10. The van der Waals surface area contributed by atoms with Gasteiger partial charge in [-0.15, -0.1) is 0 Å². The summed E-state index contributed by atoms with van der Waals surface area (Å²) in [7, 11) is 0. The van der Waals surface area contributed by atoms with E-state index in [1.807, 2.05) is 6.92 Å². The lowest BCUT2D eigenvalue weighted by Crippen LogP contribution is -1.97. The first-order chi connectivity index (χ1) is 7.08. The normalized spacial score (nSPS) is 10.6. The van der Waals surface area contributed by atoms with Gasteiger partial charge in [-0.2, -0.15) is 0 Å². The van der Waals surface area contributed by atoms with E-state index in [0.717, 1.165) is 5.69 Å². The number of nitrogens with one attached hydrogen (secondary N) is 1. The largest absolute Gasteiger partial charge is 0.337 e. The smallest absolute Gasteiger partial charge is 0.182 e. The fourth-order valence-corrected chi connectivity index (χ4v) is 1.97. The van der Waals surface area contributed by atoms with Crippen LogP contribution in [0.5, 0.6) is 0 Å². The predicted molar refractivity (Wildman–Crippen MR) is 60.7 cm³/mol. The van der Waals surface area contributed by atoms with Crippen LogP contribution in [-0.2, 0) is 0 Å². The molecule has 0 saturated heterocycles. The van der Waals surface area contributed by atoms with Gasteiger partial charge in [0.1, 0.15) is 5.82 Å². The molecule has 78 valence electrons. The number of halogens is 2. The third-order valence-corrected chi connectivity index (χ3v) is 2.58. The standard InChI is InChI=1S/C10H8ClFN2S/c1-6-5-13-10(15)14(6)9-3-7(11)2-8(12)4-9/h2-5H,1H3,(H,13,15). The molecule has 0 atom stereocenters. The lowest BCUT2D eigenvalue weighted by Gasteiger charge is -2.05. The Labute approximate surface area is 96.3 Å². The van der Waals surface area contributed by atoms with Crippen molar-refractivity contribution in [3.63, 3.8) is 0 Å². The van der Waals surface area contributed by atoms with Gasteiger partial charge in [0.25, 0.3) is 0 Å². The SMILES string of the molecule is Cc1c[nH]c(=S)n1-c1cc(F)cc(Cl)c1. The van der Waals surface area contributed by atoms with Crippen molar-refractivity contribution in [3.8, 4) is 5.69 Å². The lowest BCUT2D eigenvalue weighted by atomic mass is 10.3. The average molecular weight is 243 g/mol. The van der Waals surface area contributed by atoms with Crippen LogP contribution in [0.2, 0.25) is 5.02 Å². The van der Waals surface area contributed by atoms with Crippen LogP contribution in [0.4, 0.5) is 4.39 Å². The van der Waals surface area contributed by atoms with Crippen LogP contribution in [0.3, 0.4) is 0 Å². The lowest BCUT2D eigenvalue weighted by molar-refractivity contribution is 0.626. The van der Waals surface area contributed by atoms with E-state index >= 15 is 0 Å². The molecule has 1 aromatic carbocycles. The Morgan fingerprint density at radius 2 is 2.13 bits per heavy atom. The Kier molecular flexibility index (Phi) is 2.63. The zero-order valence-corrected chi connectivity index (χ0v) is 9.49. The van der Waals surface area contributed by atoms with Gasteiger partial charge in [0.15, 0.2) is 4.77 Å². The monoisotopic (exact) mass is 242 g/mol. The Hall–Kier alpha value is -1.13. The molecule has 0 amide bonds. The maximum atomic E-state index is 13.1. The van der Waals surface area contributed by atoms with E-state index in [9.17, 15) is 4.39 Å². The van der Waals surface area contributed by atoms with Crippen LogP contribution < -0.4 is 0 Å². The van der Waals surface area contributed by atoms with Gasteiger partial charge in [-0.3, -0.25) is 4.57 Å². The number of nitrogens with zero attached hydrogens (tertiary/aromatic N) is 1. The van der Waals surface area contributed by atoms with Crippen molar-refractivity contribution in [2.24, 2.45) is 0 Å². The minimum Gasteiger partial charge on any atom is -0.337 e. The maximum absolute atomic E-state index is 13.1. The van der Waals surface area contributed by atoms with E-state index in [1.54, 1.807) is 16.8 Å². The summed E-state index contributed by atoms with van der Waals surface area (Å²) in [6.07, 6.45) is 1.77.